The van der Waals surface area contributed by atoms with Crippen LogP contribution in [0.1, 0.15) is 15.9 Å². The molecule has 0 aliphatic rings. The van der Waals surface area contributed by atoms with Crippen LogP contribution in [0.5, 0.6) is 5.75 Å². The molecule has 0 fully saturated rings. The molecule has 0 saturated heterocycles. The number of hydrogen-bond donors (Lipinski definition) is 1. The third-order valence-electron chi connectivity index (χ3n) is 2.50. The predicted molar refractivity (Wildman–Crippen MR) is 64.0 cm³/mol. The molecule has 0 aliphatic heterocycles. The smallest absolute Gasteiger partial charge is 0.335 e. The van der Waals surface area contributed by atoms with Gasteiger partial charge in [-0.25, -0.2) is 18.0 Å². The summed E-state index contributed by atoms with van der Waals surface area (Å²) in [5.41, 5.74) is -0.0177. The Morgan fingerprint density at radius 3 is 2.25 bits per heavy atom. The summed E-state index contributed by atoms with van der Waals surface area (Å²) in [6.45, 7) is -0.238. The molecule has 0 saturated carbocycles. The van der Waals surface area contributed by atoms with Gasteiger partial charge in [0.25, 0.3) is 0 Å². The van der Waals surface area contributed by atoms with Gasteiger partial charge in [-0.3, -0.25) is 0 Å². The summed E-state index contributed by atoms with van der Waals surface area (Å²) in [7, 11) is 0. The van der Waals surface area contributed by atoms with Crippen molar-refractivity contribution in [3.8, 4) is 5.75 Å². The Labute approximate surface area is 112 Å². The number of carboxylic acids is 1. The molecule has 2 aromatic carbocycles. The van der Waals surface area contributed by atoms with Crippen LogP contribution in [-0.4, -0.2) is 11.1 Å². The van der Waals surface area contributed by atoms with E-state index in [-0.39, 0.29) is 23.5 Å². The van der Waals surface area contributed by atoms with E-state index in [1.165, 1.54) is 6.07 Å². The average molecular weight is 282 g/mol. The summed E-state index contributed by atoms with van der Waals surface area (Å²) in [5.74, 6) is -3.83. The van der Waals surface area contributed by atoms with E-state index in [0.29, 0.717) is 6.07 Å². The molecular formula is C14H9F3O3. The maximum atomic E-state index is 13.5. The molecule has 3 nitrogen and oxygen atoms in total. The van der Waals surface area contributed by atoms with Crippen LogP contribution in [0, 0.1) is 17.5 Å². The van der Waals surface area contributed by atoms with Crippen LogP contribution in [-0.2, 0) is 6.61 Å². The zero-order valence-corrected chi connectivity index (χ0v) is 10.1. The molecule has 0 spiro atoms. The molecule has 0 radical (unpaired) electrons. The average Bonchev–Trinajstić information content (AvgIpc) is 2.36. The zero-order valence-electron chi connectivity index (χ0n) is 10.1. The van der Waals surface area contributed by atoms with Crippen LogP contribution in [0.25, 0.3) is 0 Å². The number of ether oxygens (including phenoxy) is 1. The van der Waals surface area contributed by atoms with Crippen LogP contribution in [0.15, 0.2) is 36.4 Å². The molecule has 20 heavy (non-hydrogen) atoms. The Hall–Kier alpha value is -2.50. The molecule has 0 heterocycles. The van der Waals surface area contributed by atoms with Gasteiger partial charge < -0.3 is 9.84 Å². The third-order valence-corrected chi connectivity index (χ3v) is 2.50. The SMILES string of the molecule is O=C(O)c1ccc(OCc2cc(F)cc(F)c2)c(F)c1. The Morgan fingerprint density at radius 2 is 1.70 bits per heavy atom. The lowest BCUT2D eigenvalue weighted by atomic mass is 10.2. The van der Waals surface area contributed by atoms with Crippen LogP contribution in [0.4, 0.5) is 13.2 Å². The van der Waals surface area contributed by atoms with Crippen molar-refractivity contribution >= 4 is 5.97 Å². The van der Waals surface area contributed by atoms with Crippen molar-refractivity contribution in [1.29, 1.82) is 0 Å². The predicted octanol–water partition coefficient (Wildman–Crippen LogP) is 3.38. The Balaban J connectivity index is 2.12. The fourth-order valence-corrected chi connectivity index (χ4v) is 1.61. The molecule has 0 bridgehead atoms. The molecule has 2 rings (SSSR count). The van der Waals surface area contributed by atoms with E-state index in [1.807, 2.05) is 0 Å². The van der Waals surface area contributed by atoms with Gasteiger partial charge in [0.15, 0.2) is 11.6 Å². The Morgan fingerprint density at radius 1 is 1.05 bits per heavy atom. The first-order chi connectivity index (χ1) is 9.45. The highest BCUT2D eigenvalue weighted by molar-refractivity contribution is 5.87. The van der Waals surface area contributed by atoms with Crippen molar-refractivity contribution in [2.24, 2.45) is 0 Å². The van der Waals surface area contributed by atoms with Gasteiger partial charge in [0.2, 0.25) is 0 Å². The minimum absolute atomic E-state index is 0.195. The molecule has 0 aliphatic carbocycles. The molecule has 0 amide bonds. The standard InChI is InChI=1S/C14H9F3O3/c15-10-3-8(4-11(16)6-10)7-20-13-2-1-9(14(18)19)5-12(13)17/h1-6H,7H2,(H,18,19). The molecule has 2 aromatic rings. The normalized spacial score (nSPS) is 10.3. The minimum Gasteiger partial charge on any atom is -0.486 e. The maximum absolute atomic E-state index is 13.5. The monoisotopic (exact) mass is 282 g/mol. The van der Waals surface area contributed by atoms with E-state index in [9.17, 15) is 18.0 Å². The van der Waals surface area contributed by atoms with Gasteiger partial charge in [0.05, 0.1) is 5.56 Å². The number of rotatable bonds is 4. The molecular weight excluding hydrogens is 273 g/mol. The van der Waals surface area contributed by atoms with Crippen molar-refractivity contribution in [2.45, 2.75) is 6.61 Å². The van der Waals surface area contributed by atoms with E-state index in [0.717, 1.165) is 24.3 Å². The highest BCUT2D eigenvalue weighted by Crippen LogP contribution is 2.20. The Bertz CT molecular complexity index is 636. The largest absolute Gasteiger partial charge is 0.486 e. The summed E-state index contributed by atoms with van der Waals surface area (Å²) >= 11 is 0. The molecule has 6 heteroatoms. The number of aromatic carboxylic acids is 1. The summed E-state index contributed by atoms with van der Waals surface area (Å²) in [6, 6.07) is 5.97. The topological polar surface area (TPSA) is 46.5 Å². The summed E-state index contributed by atoms with van der Waals surface area (Å²) in [4.78, 5) is 10.6. The van der Waals surface area contributed by atoms with Crippen LogP contribution in [0.2, 0.25) is 0 Å². The second-order valence-corrected chi connectivity index (χ2v) is 4.02. The Kier molecular flexibility index (Phi) is 3.93. The van der Waals surface area contributed by atoms with Gasteiger partial charge in [-0.2, -0.15) is 0 Å². The summed E-state index contributed by atoms with van der Waals surface area (Å²) < 4.78 is 44.5. The van der Waals surface area contributed by atoms with Gasteiger partial charge in [-0.05, 0) is 35.9 Å². The van der Waals surface area contributed by atoms with E-state index in [2.05, 4.69) is 0 Å². The number of benzene rings is 2. The molecule has 1 N–H and O–H groups in total. The summed E-state index contributed by atoms with van der Waals surface area (Å²) in [6.07, 6.45) is 0. The van der Waals surface area contributed by atoms with Crippen molar-refractivity contribution in [2.75, 3.05) is 0 Å². The second kappa shape index (κ2) is 5.64. The quantitative estimate of drug-likeness (QED) is 0.935. The first-order valence-electron chi connectivity index (χ1n) is 5.56. The van der Waals surface area contributed by atoms with Gasteiger partial charge in [-0.15, -0.1) is 0 Å². The number of carbonyl (C=O) groups is 1. The van der Waals surface area contributed by atoms with Crippen LogP contribution in [0.3, 0.4) is 0 Å². The van der Waals surface area contributed by atoms with E-state index < -0.39 is 23.4 Å². The number of hydrogen-bond acceptors (Lipinski definition) is 2. The highest BCUT2D eigenvalue weighted by atomic mass is 19.1. The number of carboxylic acid groups (broad SMARTS) is 1. The summed E-state index contributed by atoms with van der Waals surface area (Å²) in [5, 5.41) is 8.68. The highest BCUT2D eigenvalue weighted by Gasteiger charge is 2.10. The fraction of sp³-hybridized carbons (Fsp3) is 0.0714. The maximum Gasteiger partial charge on any atom is 0.335 e. The van der Waals surface area contributed by atoms with Crippen molar-refractivity contribution in [3.05, 3.63) is 65.0 Å². The van der Waals surface area contributed by atoms with Crippen LogP contribution < -0.4 is 4.74 Å². The molecule has 0 unspecified atom stereocenters. The van der Waals surface area contributed by atoms with Crippen LogP contribution >= 0.6 is 0 Å². The van der Waals surface area contributed by atoms with E-state index >= 15 is 0 Å². The van der Waals surface area contributed by atoms with E-state index in [1.54, 1.807) is 0 Å². The molecule has 104 valence electrons. The lowest BCUT2D eigenvalue weighted by Crippen LogP contribution is -2.01. The lowest BCUT2D eigenvalue weighted by molar-refractivity contribution is 0.0696. The van der Waals surface area contributed by atoms with Crippen molar-refractivity contribution in [3.63, 3.8) is 0 Å². The molecule has 0 atom stereocenters. The fourth-order valence-electron chi connectivity index (χ4n) is 1.61. The van der Waals surface area contributed by atoms with E-state index in [4.69, 9.17) is 9.84 Å². The number of halogens is 3. The molecule has 0 aromatic heterocycles. The van der Waals surface area contributed by atoms with Gasteiger partial charge in [0, 0.05) is 6.07 Å². The van der Waals surface area contributed by atoms with Gasteiger partial charge >= 0.3 is 5.97 Å². The third kappa shape index (κ3) is 3.28. The lowest BCUT2D eigenvalue weighted by Gasteiger charge is -2.08. The van der Waals surface area contributed by atoms with Gasteiger partial charge in [-0.1, -0.05) is 0 Å². The zero-order chi connectivity index (χ0) is 14.7. The second-order valence-electron chi connectivity index (χ2n) is 4.02. The minimum atomic E-state index is -1.26. The van der Waals surface area contributed by atoms with Gasteiger partial charge in [0.1, 0.15) is 18.2 Å². The van der Waals surface area contributed by atoms with Crippen molar-refractivity contribution < 1.29 is 27.8 Å². The van der Waals surface area contributed by atoms with Crippen molar-refractivity contribution in [1.82, 2.24) is 0 Å². The first kappa shape index (κ1) is 13.9. The first-order valence-corrected chi connectivity index (χ1v) is 5.56.